The van der Waals surface area contributed by atoms with E-state index in [2.05, 4.69) is 44.8 Å². The van der Waals surface area contributed by atoms with Crippen LogP contribution in [0.4, 0.5) is 0 Å². The van der Waals surface area contributed by atoms with Crippen LogP contribution in [-0.2, 0) is 0 Å². The van der Waals surface area contributed by atoms with E-state index in [-0.39, 0.29) is 0 Å². The van der Waals surface area contributed by atoms with E-state index in [0.29, 0.717) is 6.04 Å². The first kappa shape index (κ1) is 15.0. The van der Waals surface area contributed by atoms with Crippen LogP contribution in [0.1, 0.15) is 53.9 Å². The van der Waals surface area contributed by atoms with Crippen molar-refractivity contribution in [3.8, 4) is 0 Å². The van der Waals surface area contributed by atoms with Gasteiger partial charge in [-0.05, 0) is 58.0 Å². The lowest BCUT2D eigenvalue weighted by Gasteiger charge is -2.40. The molecule has 0 bridgehead atoms. The lowest BCUT2D eigenvalue weighted by Crippen LogP contribution is -2.47. The highest BCUT2D eigenvalue weighted by molar-refractivity contribution is 4.80. The zero-order valence-electron chi connectivity index (χ0n) is 12.5. The van der Waals surface area contributed by atoms with Crippen molar-refractivity contribution < 1.29 is 0 Å². The van der Waals surface area contributed by atoms with E-state index < -0.39 is 0 Å². The quantitative estimate of drug-likeness (QED) is 0.767. The summed E-state index contributed by atoms with van der Waals surface area (Å²) in [5.74, 6) is 1.68. The Bertz CT molecular complexity index is 195. The molecule has 1 N–H and O–H groups in total. The third kappa shape index (κ3) is 4.59. The van der Waals surface area contributed by atoms with Gasteiger partial charge in [0.05, 0.1) is 0 Å². The molecule has 1 aliphatic heterocycles. The third-order valence-corrected chi connectivity index (χ3v) is 4.20. The van der Waals surface area contributed by atoms with E-state index in [1.807, 2.05) is 0 Å². The summed E-state index contributed by atoms with van der Waals surface area (Å²) in [5, 5.41) is 3.46. The number of hydrogen-bond donors (Lipinski definition) is 1. The van der Waals surface area contributed by atoms with E-state index in [9.17, 15) is 0 Å². The molecule has 0 spiro atoms. The van der Waals surface area contributed by atoms with Gasteiger partial charge in [-0.2, -0.15) is 0 Å². The largest absolute Gasteiger partial charge is 0.317 e. The number of nitrogens with one attached hydrogen (secondary N) is 1. The van der Waals surface area contributed by atoms with Crippen LogP contribution < -0.4 is 5.32 Å². The van der Waals surface area contributed by atoms with Gasteiger partial charge in [0.1, 0.15) is 0 Å². The molecule has 0 radical (unpaired) electrons. The van der Waals surface area contributed by atoms with E-state index >= 15 is 0 Å². The number of hydrogen-bond acceptors (Lipinski definition) is 2. The minimum atomic E-state index is 0.678. The van der Waals surface area contributed by atoms with Gasteiger partial charge in [0.15, 0.2) is 0 Å². The summed E-state index contributed by atoms with van der Waals surface area (Å²) in [5.41, 5.74) is 0. The van der Waals surface area contributed by atoms with Crippen molar-refractivity contribution in [1.82, 2.24) is 10.2 Å². The molecule has 0 aromatic heterocycles. The van der Waals surface area contributed by atoms with Crippen LogP contribution in [0, 0.1) is 11.8 Å². The monoisotopic (exact) mass is 240 g/mol. The second-order valence-corrected chi connectivity index (χ2v) is 6.20. The Morgan fingerprint density at radius 1 is 1.12 bits per heavy atom. The molecule has 17 heavy (non-hydrogen) atoms. The Morgan fingerprint density at radius 3 is 2.12 bits per heavy atom. The fourth-order valence-corrected chi connectivity index (χ4v) is 3.18. The van der Waals surface area contributed by atoms with E-state index in [0.717, 1.165) is 17.9 Å². The number of rotatable bonds is 6. The molecule has 1 rings (SSSR count). The van der Waals surface area contributed by atoms with Crippen LogP contribution in [0.3, 0.4) is 0 Å². The van der Waals surface area contributed by atoms with Crippen LogP contribution in [0.15, 0.2) is 0 Å². The lowest BCUT2D eigenvalue weighted by atomic mass is 9.93. The van der Waals surface area contributed by atoms with Crippen molar-refractivity contribution in [2.75, 3.05) is 19.6 Å². The molecule has 1 atom stereocenters. The minimum Gasteiger partial charge on any atom is -0.317 e. The maximum absolute atomic E-state index is 3.46. The first-order valence-electron chi connectivity index (χ1n) is 7.52. The van der Waals surface area contributed by atoms with Crippen molar-refractivity contribution in [3.05, 3.63) is 0 Å². The van der Waals surface area contributed by atoms with Crippen molar-refractivity contribution >= 4 is 0 Å². The van der Waals surface area contributed by atoms with Crippen LogP contribution in [0.2, 0.25) is 0 Å². The van der Waals surface area contributed by atoms with Gasteiger partial charge in [0.2, 0.25) is 0 Å². The molecule has 1 heterocycles. The smallest absolute Gasteiger partial charge is 0.0118 e. The molecule has 2 nitrogen and oxygen atoms in total. The third-order valence-electron chi connectivity index (χ3n) is 4.20. The average molecular weight is 240 g/mol. The second-order valence-electron chi connectivity index (χ2n) is 6.20. The standard InChI is InChI=1S/C15H32N2/c1-6-15(12(2)3)17(13(4)5)11-14-7-9-16-10-8-14/h12-16H,6-11H2,1-5H3. The van der Waals surface area contributed by atoms with Crippen molar-refractivity contribution in [3.63, 3.8) is 0 Å². The van der Waals surface area contributed by atoms with Gasteiger partial charge in [-0.15, -0.1) is 0 Å². The fraction of sp³-hybridized carbons (Fsp3) is 1.00. The highest BCUT2D eigenvalue weighted by Gasteiger charge is 2.25. The van der Waals surface area contributed by atoms with Crippen molar-refractivity contribution in [2.45, 2.75) is 66.0 Å². The Kier molecular flexibility index (Phi) is 6.50. The summed E-state index contributed by atoms with van der Waals surface area (Å²) >= 11 is 0. The van der Waals surface area contributed by atoms with Gasteiger partial charge < -0.3 is 5.32 Å². The van der Waals surface area contributed by atoms with Gasteiger partial charge in [0.25, 0.3) is 0 Å². The second kappa shape index (κ2) is 7.38. The predicted octanol–water partition coefficient (Wildman–Crippen LogP) is 3.13. The van der Waals surface area contributed by atoms with E-state index in [1.54, 1.807) is 0 Å². The Labute approximate surface area is 108 Å². The topological polar surface area (TPSA) is 15.3 Å². The van der Waals surface area contributed by atoms with Crippen LogP contribution >= 0.6 is 0 Å². The predicted molar refractivity (Wildman–Crippen MR) is 76.4 cm³/mol. The summed E-state index contributed by atoms with van der Waals surface area (Å²) in [6.07, 6.45) is 4.00. The van der Waals surface area contributed by atoms with E-state index in [1.165, 1.54) is 38.9 Å². The molecule has 2 heteroatoms. The minimum absolute atomic E-state index is 0.678. The lowest BCUT2D eigenvalue weighted by molar-refractivity contribution is 0.0859. The first-order valence-corrected chi connectivity index (χ1v) is 7.52. The average Bonchev–Trinajstić information content (AvgIpc) is 2.29. The van der Waals surface area contributed by atoms with Crippen LogP contribution in [-0.4, -0.2) is 36.6 Å². The molecule has 0 aromatic carbocycles. The Balaban J connectivity index is 2.57. The number of piperidine rings is 1. The van der Waals surface area contributed by atoms with Gasteiger partial charge in [-0.1, -0.05) is 20.8 Å². The first-order chi connectivity index (χ1) is 8.06. The van der Waals surface area contributed by atoms with Gasteiger partial charge >= 0.3 is 0 Å². The maximum atomic E-state index is 3.46. The number of nitrogens with zero attached hydrogens (tertiary/aromatic N) is 1. The van der Waals surface area contributed by atoms with Gasteiger partial charge in [0, 0.05) is 18.6 Å². The summed E-state index contributed by atoms with van der Waals surface area (Å²) in [6, 6.07) is 1.43. The Hall–Kier alpha value is -0.0800. The SMILES string of the molecule is CCC(C(C)C)N(CC1CCNCC1)C(C)C. The summed E-state index contributed by atoms with van der Waals surface area (Å²) in [7, 11) is 0. The van der Waals surface area contributed by atoms with Gasteiger partial charge in [-0.3, -0.25) is 4.90 Å². The molecule has 0 saturated carbocycles. The zero-order chi connectivity index (χ0) is 12.8. The Morgan fingerprint density at radius 2 is 1.71 bits per heavy atom. The fourth-order valence-electron chi connectivity index (χ4n) is 3.18. The zero-order valence-corrected chi connectivity index (χ0v) is 12.5. The van der Waals surface area contributed by atoms with Crippen molar-refractivity contribution in [1.29, 1.82) is 0 Å². The van der Waals surface area contributed by atoms with E-state index in [4.69, 9.17) is 0 Å². The summed E-state index contributed by atoms with van der Waals surface area (Å²) in [6.45, 7) is 15.5. The van der Waals surface area contributed by atoms with Gasteiger partial charge in [-0.25, -0.2) is 0 Å². The molecule has 0 amide bonds. The highest BCUT2D eigenvalue weighted by atomic mass is 15.2. The van der Waals surface area contributed by atoms with Crippen LogP contribution in [0.5, 0.6) is 0 Å². The molecule has 1 unspecified atom stereocenters. The molecule has 102 valence electrons. The molecule has 1 fully saturated rings. The summed E-state index contributed by atoms with van der Waals surface area (Å²) in [4.78, 5) is 2.75. The highest BCUT2D eigenvalue weighted by Crippen LogP contribution is 2.22. The molecule has 0 aromatic rings. The van der Waals surface area contributed by atoms with Crippen molar-refractivity contribution in [2.24, 2.45) is 11.8 Å². The molecule has 1 aliphatic rings. The molecule has 0 aliphatic carbocycles. The molecular formula is C15H32N2. The molecular weight excluding hydrogens is 208 g/mol. The summed E-state index contributed by atoms with van der Waals surface area (Å²) < 4.78 is 0. The maximum Gasteiger partial charge on any atom is 0.0118 e. The molecule has 1 saturated heterocycles. The van der Waals surface area contributed by atoms with Crippen LogP contribution in [0.25, 0.3) is 0 Å². The normalized spacial score (nSPS) is 20.5.